The highest BCUT2D eigenvalue weighted by Crippen LogP contribution is 2.34. The molecule has 1 aliphatic heterocycles. The average molecular weight is 283 g/mol. The van der Waals surface area contributed by atoms with Gasteiger partial charge in [-0.05, 0) is 31.9 Å². The standard InChI is InChI=1S/C13H21N3O2S/c1-10(2)15(3)19(17,18)16-9-8-12(14)11-6-4-5-7-13(11)16/h4-7,10,12H,8-9,14H2,1-3H3. The monoisotopic (exact) mass is 283 g/mol. The van der Waals surface area contributed by atoms with Crippen molar-refractivity contribution >= 4 is 15.9 Å². The Labute approximate surface area is 115 Å². The van der Waals surface area contributed by atoms with Crippen molar-refractivity contribution in [2.75, 3.05) is 17.9 Å². The van der Waals surface area contributed by atoms with Gasteiger partial charge in [0.05, 0.1) is 5.69 Å². The summed E-state index contributed by atoms with van der Waals surface area (Å²) in [7, 11) is -1.88. The summed E-state index contributed by atoms with van der Waals surface area (Å²) < 4.78 is 28.1. The molecular formula is C13H21N3O2S. The molecule has 0 fully saturated rings. The van der Waals surface area contributed by atoms with Crippen LogP contribution in [-0.2, 0) is 10.2 Å². The van der Waals surface area contributed by atoms with Crippen LogP contribution in [0.3, 0.4) is 0 Å². The van der Waals surface area contributed by atoms with Crippen molar-refractivity contribution in [1.82, 2.24) is 4.31 Å². The van der Waals surface area contributed by atoms with Gasteiger partial charge in [-0.3, -0.25) is 4.31 Å². The molecule has 1 unspecified atom stereocenters. The number of benzene rings is 1. The molecular weight excluding hydrogens is 262 g/mol. The molecule has 0 amide bonds. The molecule has 2 N–H and O–H groups in total. The Morgan fingerprint density at radius 3 is 2.63 bits per heavy atom. The lowest BCUT2D eigenvalue weighted by Crippen LogP contribution is -2.47. The van der Waals surface area contributed by atoms with E-state index < -0.39 is 10.2 Å². The molecule has 0 aliphatic carbocycles. The fourth-order valence-electron chi connectivity index (χ4n) is 2.22. The average Bonchev–Trinajstić information content (AvgIpc) is 2.38. The van der Waals surface area contributed by atoms with E-state index in [0.717, 1.165) is 5.56 Å². The minimum Gasteiger partial charge on any atom is -0.324 e. The van der Waals surface area contributed by atoms with Gasteiger partial charge in [0.1, 0.15) is 0 Å². The lowest BCUT2D eigenvalue weighted by Gasteiger charge is -2.36. The summed E-state index contributed by atoms with van der Waals surface area (Å²) in [6.07, 6.45) is 0.641. The van der Waals surface area contributed by atoms with E-state index in [4.69, 9.17) is 5.73 Å². The molecule has 1 heterocycles. The van der Waals surface area contributed by atoms with Crippen LogP contribution in [0.4, 0.5) is 5.69 Å². The van der Waals surface area contributed by atoms with Crippen molar-refractivity contribution in [3.05, 3.63) is 29.8 Å². The predicted molar refractivity (Wildman–Crippen MR) is 77.2 cm³/mol. The smallest absolute Gasteiger partial charge is 0.304 e. The molecule has 0 saturated heterocycles. The van der Waals surface area contributed by atoms with E-state index in [2.05, 4.69) is 0 Å². The van der Waals surface area contributed by atoms with Gasteiger partial charge < -0.3 is 5.73 Å². The molecule has 1 aromatic carbocycles. The molecule has 6 heteroatoms. The quantitative estimate of drug-likeness (QED) is 0.913. The lowest BCUT2D eigenvalue weighted by molar-refractivity contribution is 0.406. The van der Waals surface area contributed by atoms with Crippen LogP contribution < -0.4 is 10.0 Å². The molecule has 0 radical (unpaired) electrons. The zero-order valence-corrected chi connectivity index (χ0v) is 12.4. The molecule has 0 aromatic heterocycles. The van der Waals surface area contributed by atoms with Crippen LogP contribution in [0.5, 0.6) is 0 Å². The van der Waals surface area contributed by atoms with Crippen molar-refractivity contribution in [2.24, 2.45) is 5.73 Å². The summed E-state index contributed by atoms with van der Waals surface area (Å²) in [4.78, 5) is 0. The summed E-state index contributed by atoms with van der Waals surface area (Å²) in [5.74, 6) is 0. The van der Waals surface area contributed by atoms with Crippen LogP contribution in [0.15, 0.2) is 24.3 Å². The molecule has 5 nitrogen and oxygen atoms in total. The number of nitrogens with two attached hydrogens (primary N) is 1. The Morgan fingerprint density at radius 2 is 2.00 bits per heavy atom. The highest BCUT2D eigenvalue weighted by molar-refractivity contribution is 7.90. The number of rotatable bonds is 3. The number of hydrogen-bond donors (Lipinski definition) is 1. The van der Waals surface area contributed by atoms with Crippen LogP contribution in [-0.4, -0.2) is 32.4 Å². The van der Waals surface area contributed by atoms with Gasteiger partial charge in [-0.25, -0.2) is 0 Å². The molecule has 1 aliphatic rings. The normalized spacial score (nSPS) is 19.9. The van der Waals surface area contributed by atoms with E-state index in [0.29, 0.717) is 18.7 Å². The third-order valence-electron chi connectivity index (χ3n) is 3.62. The number of hydrogen-bond acceptors (Lipinski definition) is 3. The van der Waals surface area contributed by atoms with Crippen molar-refractivity contribution in [2.45, 2.75) is 32.4 Å². The minimum atomic E-state index is -3.49. The Bertz CT molecular complexity index is 557. The fourth-order valence-corrected chi connectivity index (χ4v) is 3.82. The van der Waals surface area contributed by atoms with Crippen LogP contribution in [0.1, 0.15) is 31.9 Å². The number of para-hydroxylation sites is 1. The second-order valence-corrected chi connectivity index (χ2v) is 7.06. The second-order valence-electron chi connectivity index (χ2n) is 5.14. The zero-order valence-electron chi connectivity index (χ0n) is 11.6. The summed E-state index contributed by atoms with van der Waals surface area (Å²) in [6.45, 7) is 4.15. The Kier molecular flexibility index (Phi) is 3.85. The van der Waals surface area contributed by atoms with E-state index >= 15 is 0 Å². The van der Waals surface area contributed by atoms with Crippen molar-refractivity contribution in [3.63, 3.8) is 0 Å². The Morgan fingerprint density at radius 1 is 1.37 bits per heavy atom. The first kappa shape index (κ1) is 14.3. The van der Waals surface area contributed by atoms with Gasteiger partial charge in [0.2, 0.25) is 0 Å². The van der Waals surface area contributed by atoms with Gasteiger partial charge in [0.25, 0.3) is 0 Å². The topological polar surface area (TPSA) is 66.6 Å². The first-order chi connectivity index (χ1) is 8.85. The van der Waals surface area contributed by atoms with Gasteiger partial charge in [-0.15, -0.1) is 0 Å². The molecule has 2 rings (SSSR count). The highest BCUT2D eigenvalue weighted by Gasteiger charge is 2.33. The van der Waals surface area contributed by atoms with Crippen molar-refractivity contribution in [1.29, 1.82) is 0 Å². The third kappa shape index (κ3) is 2.48. The van der Waals surface area contributed by atoms with Gasteiger partial charge in [-0.1, -0.05) is 18.2 Å². The molecule has 1 aromatic rings. The van der Waals surface area contributed by atoms with Crippen molar-refractivity contribution < 1.29 is 8.42 Å². The summed E-state index contributed by atoms with van der Waals surface area (Å²) >= 11 is 0. The maximum atomic E-state index is 12.6. The van der Waals surface area contributed by atoms with E-state index in [1.165, 1.54) is 8.61 Å². The molecule has 19 heavy (non-hydrogen) atoms. The van der Waals surface area contributed by atoms with Crippen molar-refractivity contribution in [3.8, 4) is 0 Å². The van der Waals surface area contributed by atoms with Gasteiger partial charge in [0.15, 0.2) is 0 Å². The van der Waals surface area contributed by atoms with Gasteiger partial charge in [0, 0.05) is 25.7 Å². The SMILES string of the molecule is CC(C)N(C)S(=O)(=O)N1CCC(N)c2ccccc21. The summed E-state index contributed by atoms with van der Waals surface area (Å²) in [5.41, 5.74) is 7.65. The number of nitrogens with zero attached hydrogens (tertiary/aromatic N) is 2. The highest BCUT2D eigenvalue weighted by atomic mass is 32.2. The number of fused-ring (bicyclic) bond motifs is 1. The van der Waals surface area contributed by atoms with E-state index in [1.807, 2.05) is 38.1 Å². The molecule has 106 valence electrons. The first-order valence-corrected chi connectivity index (χ1v) is 7.85. The Balaban J connectivity index is 2.46. The second kappa shape index (κ2) is 5.11. The summed E-state index contributed by atoms with van der Waals surface area (Å²) in [6, 6.07) is 7.28. The van der Waals surface area contributed by atoms with Crippen LogP contribution in [0.25, 0.3) is 0 Å². The summed E-state index contributed by atoms with van der Waals surface area (Å²) in [5, 5.41) is 0. The fraction of sp³-hybridized carbons (Fsp3) is 0.538. The molecule has 1 atom stereocenters. The molecule has 0 saturated carbocycles. The van der Waals surface area contributed by atoms with E-state index in [1.54, 1.807) is 7.05 Å². The zero-order chi connectivity index (χ0) is 14.2. The minimum absolute atomic E-state index is 0.0761. The lowest BCUT2D eigenvalue weighted by atomic mass is 9.99. The van der Waals surface area contributed by atoms with Crippen LogP contribution >= 0.6 is 0 Å². The first-order valence-electron chi connectivity index (χ1n) is 6.46. The van der Waals surface area contributed by atoms with Crippen LogP contribution in [0.2, 0.25) is 0 Å². The molecule has 0 bridgehead atoms. The predicted octanol–water partition coefficient (Wildman–Crippen LogP) is 1.48. The van der Waals surface area contributed by atoms with E-state index in [9.17, 15) is 8.42 Å². The Hall–Kier alpha value is -1.11. The van der Waals surface area contributed by atoms with E-state index in [-0.39, 0.29) is 12.1 Å². The third-order valence-corrected chi connectivity index (χ3v) is 5.70. The maximum absolute atomic E-state index is 12.6. The van der Waals surface area contributed by atoms with Gasteiger partial charge >= 0.3 is 10.2 Å². The van der Waals surface area contributed by atoms with Gasteiger partial charge in [-0.2, -0.15) is 12.7 Å². The largest absolute Gasteiger partial charge is 0.324 e. The maximum Gasteiger partial charge on any atom is 0.304 e. The van der Waals surface area contributed by atoms with Crippen LogP contribution in [0, 0.1) is 0 Å². The number of anilines is 1. The molecule has 0 spiro atoms.